The van der Waals surface area contributed by atoms with Crippen LogP contribution in [0.3, 0.4) is 0 Å². The molecule has 1 saturated heterocycles. The van der Waals surface area contributed by atoms with Gasteiger partial charge >= 0.3 is 12.3 Å². The van der Waals surface area contributed by atoms with Gasteiger partial charge in [0.15, 0.2) is 17.4 Å². The second kappa shape index (κ2) is 10.6. The second-order valence-electron chi connectivity index (χ2n) is 10.5. The standard InChI is InChI=1S/C27H27F7N6O/c1-14(2)40-13-26(30,31)41-23-18(28)10-16(11-20(23)40)22-19(29)12-35-25(38-22)37-21-5-4-17(24(36-21)27(32,33)34)15-6-8-39(3)9-7-15/h4-5,10-12,14-15H,6-9,13H2,1-3H3,(H,35,36,37,38). The van der Waals surface area contributed by atoms with Crippen molar-refractivity contribution < 1.29 is 35.5 Å². The lowest BCUT2D eigenvalue weighted by Crippen LogP contribution is -2.48. The first kappa shape index (κ1) is 28.8. The monoisotopic (exact) mass is 584 g/mol. The maximum atomic E-state index is 15.0. The largest absolute Gasteiger partial charge is 0.433 e. The Morgan fingerprint density at radius 3 is 2.41 bits per heavy atom. The molecule has 14 heteroatoms. The molecule has 0 aliphatic carbocycles. The third kappa shape index (κ3) is 6.02. The maximum Gasteiger partial charge on any atom is 0.433 e. The molecule has 7 nitrogen and oxygen atoms in total. The quantitative estimate of drug-likeness (QED) is 0.340. The Morgan fingerprint density at radius 1 is 1.05 bits per heavy atom. The molecule has 0 atom stereocenters. The normalized spacial score (nSPS) is 17.9. The number of benzene rings is 1. The molecule has 0 bridgehead atoms. The summed E-state index contributed by atoms with van der Waals surface area (Å²) in [6, 6.07) is 4.32. The number of nitrogens with zero attached hydrogens (tertiary/aromatic N) is 5. The lowest BCUT2D eigenvalue weighted by molar-refractivity contribution is -0.174. The summed E-state index contributed by atoms with van der Waals surface area (Å²) in [6.45, 7) is 3.74. The third-order valence-electron chi connectivity index (χ3n) is 7.17. The van der Waals surface area contributed by atoms with E-state index in [4.69, 9.17) is 0 Å². The van der Waals surface area contributed by atoms with Gasteiger partial charge in [-0.05, 0) is 76.5 Å². The zero-order chi connectivity index (χ0) is 29.7. The van der Waals surface area contributed by atoms with Crippen LogP contribution in [0.15, 0.2) is 30.5 Å². The highest BCUT2D eigenvalue weighted by atomic mass is 19.4. The van der Waals surface area contributed by atoms with Gasteiger partial charge in [-0.25, -0.2) is 23.7 Å². The molecule has 0 radical (unpaired) electrons. The summed E-state index contributed by atoms with van der Waals surface area (Å²) in [5.74, 6) is -3.61. The summed E-state index contributed by atoms with van der Waals surface area (Å²) in [7, 11) is 1.91. The van der Waals surface area contributed by atoms with E-state index in [2.05, 4.69) is 25.0 Å². The Kier molecular flexibility index (Phi) is 7.47. The van der Waals surface area contributed by atoms with Crippen molar-refractivity contribution in [2.24, 2.45) is 0 Å². The summed E-state index contributed by atoms with van der Waals surface area (Å²) in [6.07, 6.45) is -6.46. The number of ether oxygens (including phenoxy) is 1. The molecule has 220 valence electrons. The molecule has 0 unspecified atom stereocenters. The molecule has 1 N–H and O–H groups in total. The van der Waals surface area contributed by atoms with Crippen molar-refractivity contribution in [2.45, 2.75) is 50.9 Å². The molecule has 0 saturated carbocycles. The number of pyridine rings is 1. The number of halogens is 7. The molecular weight excluding hydrogens is 557 g/mol. The molecular formula is C27H27F7N6O. The fraction of sp³-hybridized carbons (Fsp3) is 0.444. The zero-order valence-electron chi connectivity index (χ0n) is 22.4. The first-order chi connectivity index (χ1) is 19.2. The highest BCUT2D eigenvalue weighted by Gasteiger charge is 2.43. The van der Waals surface area contributed by atoms with Crippen LogP contribution in [0.2, 0.25) is 0 Å². The lowest BCUT2D eigenvalue weighted by Gasteiger charge is -2.38. The van der Waals surface area contributed by atoms with E-state index in [1.807, 2.05) is 11.9 Å². The smallest absolute Gasteiger partial charge is 0.426 e. The number of fused-ring (bicyclic) bond motifs is 1. The minimum atomic E-state index is -4.72. The molecule has 2 aromatic heterocycles. The van der Waals surface area contributed by atoms with Crippen LogP contribution < -0.4 is 15.0 Å². The number of hydrogen-bond donors (Lipinski definition) is 1. The Hall–Kier alpha value is -3.68. The molecule has 2 aliphatic heterocycles. The van der Waals surface area contributed by atoms with E-state index in [-0.39, 0.29) is 34.5 Å². The average Bonchev–Trinajstić information content (AvgIpc) is 2.89. The molecule has 3 aromatic rings. The van der Waals surface area contributed by atoms with Crippen LogP contribution in [-0.4, -0.2) is 58.7 Å². The molecule has 5 rings (SSSR count). The summed E-state index contributed by atoms with van der Waals surface area (Å²) >= 11 is 0. The molecule has 1 fully saturated rings. The van der Waals surface area contributed by atoms with Crippen molar-refractivity contribution in [3.63, 3.8) is 0 Å². The van der Waals surface area contributed by atoms with Gasteiger partial charge in [0.25, 0.3) is 0 Å². The molecule has 4 heterocycles. The second-order valence-corrected chi connectivity index (χ2v) is 10.5. The maximum absolute atomic E-state index is 15.0. The SMILES string of the molecule is CC(C)N1CC(F)(F)Oc2c(F)cc(-c3nc(Nc4ccc(C5CCN(C)CC5)c(C(F)(F)F)n4)ncc3F)cc21. The van der Waals surface area contributed by atoms with E-state index in [9.17, 15) is 30.7 Å². The van der Waals surface area contributed by atoms with Crippen LogP contribution in [0.1, 0.15) is 43.9 Å². The van der Waals surface area contributed by atoms with Gasteiger partial charge in [0.1, 0.15) is 23.8 Å². The van der Waals surface area contributed by atoms with Crippen LogP contribution >= 0.6 is 0 Å². The van der Waals surface area contributed by atoms with E-state index in [0.717, 1.165) is 12.3 Å². The van der Waals surface area contributed by atoms with Gasteiger partial charge in [-0.3, -0.25) is 0 Å². The Morgan fingerprint density at radius 2 is 1.76 bits per heavy atom. The van der Waals surface area contributed by atoms with E-state index in [1.165, 1.54) is 23.1 Å². The van der Waals surface area contributed by atoms with Gasteiger partial charge < -0.3 is 19.9 Å². The summed E-state index contributed by atoms with van der Waals surface area (Å²) < 4.78 is 104. The van der Waals surface area contributed by atoms with Gasteiger partial charge in [0, 0.05) is 11.6 Å². The highest BCUT2D eigenvalue weighted by molar-refractivity contribution is 5.73. The minimum Gasteiger partial charge on any atom is -0.426 e. The number of anilines is 3. The minimum absolute atomic E-state index is 0.0190. The average molecular weight is 585 g/mol. The van der Waals surface area contributed by atoms with Crippen molar-refractivity contribution >= 4 is 17.5 Å². The Balaban J connectivity index is 1.48. The van der Waals surface area contributed by atoms with Crippen LogP contribution in [0, 0.1) is 11.6 Å². The number of likely N-dealkylation sites (tertiary alicyclic amines) is 1. The molecule has 41 heavy (non-hydrogen) atoms. The first-order valence-electron chi connectivity index (χ1n) is 13.0. The lowest BCUT2D eigenvalue weighted by atomic mass is 9.88. The van der Waals surface area contributed by atoms with Gasteiger partial charge in [-0.15, -0.1) is 0 Å². The fourth-order valence-electron chi connectivity index (χ4n) is 5.12. The van der Waals surface area contributed by atoms with Crippen molar-refractivity contribution in [3.05, 3.63) is 53.4 Å². The number of nitrogens with one attached hydrogen (secondary N) is 1. The number of alkyl halides is 5. The first-order valence-corrected chi connectivity index (χ1v) is 13.0. The predicted octanol–water partition coefficient (Wildman–Crippen LogP) is 6.59. The number of hydrogen-bond acceptors (Lipinski definition) is 7. The molecule has 0 spiro atoms. The number of rotatable bonds is 5. The van der Waals surface area contributed by atoms with Crippen molar-refractivity contribution in [3.8, 4) is 17.0 Å². The summed E-state index contributed by atoms with van der Waals surface area (Å²) in [5.41, 5.74) is -1.45. The summed E-state index contributed by atoms with van der Waals surface area (Å²) in [5, 5.41) is 2.57. The number of aromatic nitrogens is 3. The van der Waals surface area contributed by atoms with Crippen LogP contribution in [0.5, 0.6) is 5.75 Å². The zero-order valence-corrected chi connectivity index (χ0v) is 22.4. The van der Waals surface area contributed by atoms with Gasteiger partial charge in [0.2, 0.25) is 5.95 Å². The van der Waals surface area contributed by atoms with Crippen LogP contribution in [0.25, 0.3) is 11.3 Å². The highest BCUT2D eigenvalue weighted by Crippen LogP contribution is 2.44. The van der Waals surface area contributed by atoms with Crippen molar-refractivity contribution in [2.75, 3.05) is 36.9 Å². The number of piperidine rings is 1. The van der Waals surface area contributed by atoms with Crippen molar-refractivity contribution in [1.29, 1.82) is 0 Å². The van der Waals surface area contributed by atoms with Gasteiger partial charge in [-0.2, -0.15) is 22.0 Å². The topological polar surface area (TPSA) is 66.4 Å². The molecule has 1 aromatic carbocycles. The summed E-state index contributed by atoms with van der Waals surface area (Å²) in [4.78, 5) is 14.9. The van der Waals surface area contributed by atoms with E-state index < -0.39 is 53.6 Å². The van der Waals surface area contributed by atoms with E-state index in [0.29, 0.717) is 25.9 Å². The molecule has 0 amide bonds. The third-order valence-corrected chi connectivity index (χ3v) is 7.17. The Bertz CT molecular complexity index is 1440. The van der Waals surface area contributed by atoms with Crippen LogP contribution in [-0.2, 0) is 6.18 Å². The fourth-order valence-corrected chi connectivity index (χ4v) is 5.12. The predicted molar refractivity (Wildman–Crippen MR) is 137 cm³/mol. The van der Waals surface area contributed by atoms with Gasteiger partial charge in [-0.1, -0.05) is 6.07 Å². The van der Waals surface area contributed by atoms with E-state index in [1.54, 1.807) is 13.8 Å². The van der Waals surface area contributed by atoms with Crippen LogP contribution in [0.4, 0.5) is 48.2 Å². The van der Waals surface area contributed by atoms with E-state index >= 15 is 0 Å². The van der Waals surface area contributed by atoms with Gasteiger partial charge in [0.05, 0.1) is 11.9 Å². The molecule has 2 aliphatic rings. The Labute approximate surface area is 231 Å². The van der Waals surface area contributed by atoms with Crippen molar-refractivity contribution in [1.82, 2.24) is 19.9 Å².